The molecule has 0 atom stereocenters. The van der Waals surface area contributed by atoms with Gasteiger partial charge in [0.1, 0.15) is 0 Å². The first kappa shape index (κ1) is 8.75. The first-order chi connectivity index (χ1) is 4.70. The van der Waals surface area contributed by atoms with E-state index in [0.29, 0.717) is 0 Å². The van der Waals surface area contributed by atoms with Gasteiger partial charge in [0.15, 0.2) is 0 Å². The molecule has 0 bridgehead atoms. The Morgan fingerprint density at radius 2 is 1.80 bits per heavy atom. The molecule has 0 radical (unpaired) electrons. The molecule has 0 aromatic rings. The van der Waals surface area contributed by atoms with E-state index in [1.807, 2.05) is 0 Å². The van der Waals surface area contributed by atoms with E-state index in [0.717, 1.165) is 3.39 Å². The molecule has 58 valence electrons. The van der Waals surface area contributed by atoms with Gasteiger partial charge in [-0.25, -0.2) is 0 Å². The second-order valence-corrected chi connectivity index (χ2v) is 5.32. The van der Waals surface area contributed by atoms with Gasteiger partial charge in [-0.3, -0.25) is 0 Å². The molecule has 0 aromatic heterocycles. The summed E-state index contributed by atoms with van der Waals surface area (Å²) in [6, 6.07) is 0. The lowest BCUT2D eigenvalue weighted by molar-refractivity contribution is 0.312. The Hall–Kier alpha value is 0.660. The number of nitrogens with zero attached hydrogens (tertiary/aromatic N) is 1. The van der Waals surface area contributed by atoms with Gasteiger partial charge in [0.2, 0.25) is 0 Å². The molecule has 0 amide bonds. The van der Waals surface area contributed by atoms with Gasteiger partial charge in [-0.15, -0.1) is 0 Å². The third-order valence-electron chi connectivity index (χ3n) is 1.86. The molecule has 3 heteroatoms. The summed E-state index contributed by atoms with van der Waals surface area (Å²) in [5.74, 6) is 0. The van der Waals surface area contributed by atoms with Crippen molar-refractivity contribution in [2.45, 2.75) is 12.8 Å². The SMILES string of the molecule is CN1CCC(=C(Br)Br)CC1. The highest BCUT2D eigenvalue weighted by atomic mass is 79.9. The molecule has 1 heterocycles. The second kappa shape index (κ2) is 3.88. The molecule has 1 fully saturated rings. The number of hydrogen-bond acceptors (Lipinski definition) is 1. The van der Waals surface area contributed by atoms with Crippen molar-refractivity contribution in [1.29, 1.82) is 0 Å². The molecule has 1 aliphatic heterocycles. The Balaban J connectivity index is 2.48. The van der Waals surface area contributed by atoms with Gasteiger partial charge in [-0.1, -0.05) is 0 Å². The summed E-state index contributed by atoms with van der Waals surface area (Å²) in [6.07, 6.45) is 2.39. The van der Waals surface area contributed by atoms with Crippen LogP contribution in [0.15, 0.2) is 8.96 Å². The third kappa shape index (κ3) is 2.36. The molecule has 0 unspecified atom stereocenters. The van der Waals surface area contributed by atoms with Crippen molar-refractivity contribution in [3.63, 3.8) is 0 Å². The number of rotatable bonds is 0. The normalized spacial score (nSPS) is 21.3. The fourth-order valence-electron chi connectivity index (χ4n) is 1.08. The maximum atomic E-state index is 3.43. The molecule has 0 spiro atoms. The average molecular weight is 269 g/mol. The van der Waals surface area contributed by atoms with Crippen LogP contribution in [-0.4, -0.2) is 25.0 Å². The zero-order valence-corrected chi connectivity index (χ0v) is 9.20. The highest BCUT2D eigenvalue weighted by Gasteiger charge is 2.11. The van der Waals surface area contributed by atoms with Gasteiger partial charge in [-0.05, 0) is 57.3 Å². The summed E-state index contributed by atoms with van der Waals surface area (Å²) in [5.41, 5.74) is 1.51. The van der Waals surface area contributed by atoms with Crippen LogP contribution in [0.1, 0.15) is 12.8 Å². The third-order valence-corrected chi connectivity index (χ3v) is 2.98. The molecular weight excluding hydrogens is 258 g/mol. The van der Waals surface area contributed by atoms with Gasteiger partial charge in [-0.2, -0.15) is 0 Å². The van der Waals surface area contributed by atoms with E-state index in [2.05, 4.69) is 43.8 Å². The van der Waals surface area contributed by atoms with E-state index < -0.39 is 0 Å². The summed E-state index contributed by atoms with van der Waals surface area (Å²) < 4.78 is 1.16. The molecule has 0 N–H and O–H groups in total. The highest BCUT2D eigenvalue weighted by molar-refractivity contribution is 9.28. The minimum Gasteiger partial charge on any atom is -0.306 e. The van der Waals surface area contributed by atoms with Crippen molar-refractivity contribution in [1.82, 2.24) is 4.90 Å². The van der Waals surface area contributed by atoms with Crippen molar-refractivity contribution in [3.8, 4) is 0 Å². The van der Waals surface area contributed by atoms with Crippen LogP contribution in [0, 0.1) is 0 Å². The number of halogens is 2. The molecule has 1 rings (SSSR count). The summed E-state index contributed by atoms with van der Waals surface area (Å²) in [4.78, 5) is 2.35. The predicted octanol–water partition coefficient (Wildman–Crippen LogP) is 2.71. The highest BCUT2D eigenvalue weighted by Crippen LogP contribution is 2.26. The van der Waals surface area contributed by atoms with E-state index in [1.165, 1.54) is 31.5 Å². The zero-order valence-electron chi connectivity index (χ0n) is 6.03. The van der Waals surface area contributed by atoms with E-state index in [9.17, 15) is 0 Å². The van der Waals surface area contributed by atoms with Crippen LogP contribution >= 0.6 is 31.9 Å². The maximum absolute atomic E-state index is 3.43. The van der Waals surface area contributed by atoms with E-state index >= 15 is 0 Å². The van der Waals surface area contributed by atoms with Crippen LogP contribution in [0.25, 0.3) is 0 Å². The fraction of sp³-hybridized carbons (Fsp3) is 0.714. The minimum atomic E-state index is 1.16. The standard InChI is InChI=1S/C7H11Br2N/c1-10-4-2-6(3-5-10)7(8)9/h2-5H2,1H3. The van der Waals surface area contributed by atoms with E-state index in [4.69, 9.17) is 0 Å². The van der Waals surface area contributed by atoms with Gasteiger partial charge >= 0.3 is 0 Å². The Bertz CT molecular complexity index is 140. The van der Waals surface area contributed by atoms with Crippen molar-refractivity contribution in [3.05, 3.63) is 8.96 Å². The molecule has 10 heavy (non-hydrogen) atoms. The molecule has 1 nitrogen and oxygen atoms in total. The topological polar surface area (TPSA) is 3.24 Å². The van der Waals surface area contributed by atoms with Crippen molar-refractivity contribution >= 4 is 31.9 Å². The Morgan fingerprint density at radius 1 is 1.30 bits per heavy atom. The number of piperidine rings is 1. The molecule has 0 aromatic carbocycles. The fourth-order valence-corrected chi connectivity index (χ4v) is 1.87. The monoisotopic (exact) mass is 267 g/mol. The van der Waals surface area contributed by atoms with Crippen LogP contribution in [0.3, 0.4) is 0 Å². The van der Waals surface area contributed by atoms with Crippen LogP contribution in [0.2, 0.25) is 0 Å². The molecule has 1 saturated heterocycles. The zero-order chi connectivity index (χ0) is 7.56. The second-order valence-electron chi connectivity index (χ2n) is 2.67. The summed E-state index contributed by atoms with van der Waals surface area (Å²) in [5, 5.41) is 0. The number of hydrogen-bond donors (Lipinski definition) is 0. The van der Waals surface area contributed by atoms with E-state index in [-0.39, 0.29) is 0 Å². The first-order valence-corrected chi connectivity index (χ1v) is 5.00. The summed E-state index contributed by atoms with van der Waals surface area (Å²) >= 11 is 6.87. The van der Waals surface area contributed by atoms with Gasteiger partial charge < -0.3 is 4.90 Å². The summed E-state index contributed by atoms with van der Waals surface area (Å²) in [6.45, 7) is 2.38. The first-order valence-electron chi connectivity index (χ1n) is 3.41. The maximum Gasteiger partial charge on any atom is 0.0597 e. The van der Waals surface area contributed by atoms with Crippen molar-refractivity contribution in [2.75, 3.05) is 20.1 Å². The van der Waals surface area contributed by atoms with Gasteiger partial charge in [0.05, 0.1) is 3.39 Å². The molecule has 0 saturated carbocycles. The largest absolute Gasteiger partial charge is 0.306 e. The number of likely N-dealkylation sites (tertiary alicyclic amines) is 1. The lowest BCUT2D eigenvalue weighted by atomic mass is 10.1. The Kier molecular flexibility index (Phi) is 3.40. The van der Waals surface area contributed by atoms with Gasteiger partial charge in [0, 0.05) is 13.1 Å². The lowest BCUT2D eigenvalue weighted by Crippen LogP contribution is -2.26. The van der Waals surface area contributed by atoms with E-state index in [1.54, 1.807) is 0 Å². The lowest BCUT2D eigenvalue weighted by Gasteiger charge is -2.24. The molecule has 1 aliphatic rings. The quantitative estimate of drug-likeness (QED) is 0.653. The van der Waals surface area contributed by atoms with Crippen LogP contribution in [-0.2, 0) is 0 Å². The Labute approximate surface area is 78.7 Å². The molecule has 0 aliphatic carbocycles. The van der Waals surface area contributed by atoms with Crippen LogP contribution < -0.4 is 0 Å². The van der Waals surface area contributed by atoms with Crippen molar-refractivity contribution < 1.29 is 0 Å². The molecular formula is C7H11Br2N. The smallest absolute Gasteiger partial charge is 0.0597 e. The minimum absolute atomic E-state index is 1.16. The predicted molar refractivity (Wildman–Crippen MR) is 51.6 cm³/mol. The van der Waals surface area contributed by atoms with Gasteiger partial charge in [0.25, 0.3) is 0 Å². The Morgan fingerprint density at radius 3 is 2.20 bits per heavy atom. The average Bonchev–Trinajstić information content (AvgIpc) is 1.88. The van der Waals surface area contributed by atoms with Crippen molar-refractivity contribution in [2.24, 2.45) is 0 Å². The van der Waals surface area contributed by atoms with Crippen LogP contribution in [0.5, 0.6) is 0 Å². The summed E-state index contributed by atoms with van der Waals surface area (Å²) in [7, 11) is 2.17. The van der Waals surface area contributed by atoms with Crippen LogP contribution in [0.4, 0.5) is 0 Å².